The molecule has 0 amide bonds. The molecule has 0 saturated carbocycles. The van der Waals surface area contributed by atoms with Gasteiger partial charge in [-0.15, -0.1) is 0 Å². The van der Waals surface area contributed by atoms with Crippen molar-refractivity contribution in [3.63, 3.8) is 0 Å². The number of rotatable bonds is 4. The van der Waals surface area contributed by atoms with Crippen LogP contribution in [0.25, 0.3) is 16.6 Å². The van der Waals surface area contributed by atoms with E-state index in [2.05, 4.69) is 46.4 Å². The number of H-pyrrole nitrogens is 1. The van der Waals surface area contributed by atoms with Crippen LogP contribution in [0.2, 0.25) is 0 Å². The number of allylic oxidation sites excluding steroid dienone is 3. The third-order valence-electron chi connectivity index (χ3n) is 5.08. The maximum absolute atomic E-state index is 11.7. The molecule has 0 bridgehead atoms. The van der Waals surface area contributed by atoms with Crippen LogP contribution in [0.3, 0.4) is 0 Å². The second-order valence-electron chi connectivity index (χ2n) is 6.70. The van der Waals surface area contributed by atoms with Crippen molar-refractivity contribution in [3.05, 3.63) is 65.5 Å². The van der Waals surface area contributed by atoms with Crippen LogP contribution < -0.4 is 0 Å². The fraction of sp³-hybridized carbons (Fsp3) is 0.273. The van der Waals surface area contributed by atoms with E-state index in [0.717, 1.165) is 35.4 Å². The van der Waals surface area contributed by atoms with Crippen molar-refractivity contribution in [2.45, 2.75) is 19.8 Å². The summed E-state index contributed by atoms with van der Waals surface area (Å²) < 4.78 is 4.96. The lowest BCUT2D eigenvalue weighted by Crippen LogP contribution is -2.28. The molecular weight excluding hydrogens is 338 g/mol. The minimum atomic E-state index is -0.361. The minimum Gasteiger partial charge on any atom is -0.463 e. The number of aromatic amines is 1. The van der Waals surface area contributed by atoms with Crippen molar-refractivity contribution in [1.82, 2.24) is 9.88 Å². The average Bonchev–Trinajstić information content (AvgIpc) is 3.06. The van der Waals surface area contributed by atoms with E-state index in [-0.39, 0.29) is 11.9 Å². The number of para-hydroxylation sites is 1. The number of nitrogens with one attached hydrogen (secondary N) is 1. The largest absolute Gasteiger partial charge is 0.463 e. The lowest BCUT2D eigenvalue weighted by molar-refractivity contribution is -0.137. The number of hydrogen-bond acceptors (Lipinski definition) is 4. The third-order valence-corrected chi connectivity index (χ3v) is 5.08. The monoisotopic (exact) mass is 359 g/mol. The van der Waals surface area contributed by atoms with E-state index in [4.69, 9.17) is 4.74 Å². The Kier molecular flexibility index (Phi) is 4.55. The molecule has 1 unspecified atom stereocenters. The summed E-state index contributed by atoms with van der Waals surface area (Å²) in [4.78, 5) is 17.4. The van der Waals surface area contributed by atoms with Crippen LogP contribution in [0.5, 0.6) is 0 Å². The fourth-order valence-corrected chi connectivity index (χ4v) is 3.85. The van der Waals surface area contributed by atoms with Gasteiger partial charge < -0.3 is 14.6 Å². The van der Waals surface area contributed by atoms with Crippen LogP contribution in [-0.4, -0.2) is 29.0 Å². The van der Waals surface area contributed by atoms with Gasteiger partial charge in [0, 0.05) is 42.1 Å². The molecule has 1 aromatic carbocycles. The number of hydrogen-bond donors (Lipinski definition) is 1. The zero-order chi connectivity index (χ0) is 18.8. The Labute approximate surface area is 158 Å². The van der Waals surface area contributed by atoms with Gasteiger partial charge in [0.2, 0.25) is 0 Å². The van der Waals surface area contributed by atoms with E-state index >= 15 is 0 Å². The number of esters is 1. The zero-order valence-electron chi connectivity index (χ0n) is 15.2. The van der Waals surface area contributed by atoms with Gasteiger partial charge in [-0.1, -0.05) is 18.2 Å². The molecule has 0 fully saturated rings. The van der Waals surface area contributed by atoms with Gasteiger partial charge in [-0.05, 0) is 42.7 Å². The highest BCUT2D eigenvalue weighted by Gasteiger charge is 2.28. The topological polar surface area (TPSA) is 69.1 Å². The number of ether oxygens (including phenoxy) is 1. The highest BCUT2D eigenvalue weighted by molar-refractivity contribution is 5.90. The smallest absolute Gasteiger partial charge is 0.330 e. The lowest BCUT2D eigenvalue weighted by atomic mass is 9.89. The van der Waals surface area contributed by atoms with Gasteiger partial charge >= 0.3 is 5.97 Å². The van der Waals surface area contributed by atoms with Gasteiger partial charge in [-0.2, -0.15) is 5.26 Å². The molecule has 2 aliphatic heterocycles. The van der Waals surface area contributed by atoms with E-state index in [1.165, 1.54) is 17.0 Å². The molecule has 1 N–H and O–H groups in total. The van der Waals surface area contributed by atoms with Crippen LogP contribution in [0.15, 0.2) is 54.3 Å². The van der Waals surface area contributed by atoms with Gasteiger partial charge in [-0.3, -0.25) is 0 Å². The summed E-state index contributed by atoms with van der Waals surface area (Å²) in [5.74, 6) is -0.412. The molecule has 27 heavy (non-hydrogen) atoms. The molecule has 1 atom stereocenters. The van der Waals surface area contributed by atoms with E-state index in [1.54, 1.807) is 13.0 Å². The summed E-state index contributed by atoms with van der Waals surface area (Å²) >= 11 is 0. The van der Waals surface area contributed by atoms with Crippen LogP contribution in [-0.2, 0) is 16.0 Å². The Balaban J connectivity index is 1.71. The SMILES string of the molecule is CCOC(=O)/C=C/C1=CN2CCc3c([nH]c4ccccc34)C2=CC1CC#N. The molecular formula is C22H21N3O2. The number of nitriles is 1. The second-order valence-corrected chi connectivity index (χ2v) is 6.70. The molecule has 5 heteroatoms. The summed E-state index contributed by atoms with van der Waals surface area (Å²) in [6, 6.07) is 10.6. The number of carbonyl (C=O) groups excluding carboxylic acids is 1. The molecule has 4 rings (SSSR count). The molecule has 0 saturated heterocycles. The summed E-state index contributed by atoms with van der Waals surface area (Å²) in [5, 5.41) is 10.5. The fourth-order valence-electron chi connectivity index (χ4n) is 3.85. The third kappa shape index (κ3) is 3.15. The maximum Gasteiger partial charge on any atom is 0.330 e. The first-order valence-electron chi connectivity index (χ1n) is 9.23. The van der Waals surface area contributed by atoms with Crippen molar-refractivity contribution in [2.75, 3.05) is 13.2 Å². The molecule has 2 aliphatic rings. The molecule has 136 valence electrons. The predicted octanol–water partition coefficient (Wildman–Crippen LogP) is 3.91. The van der Waals surface area contributed by atoms with E-state index in [0.29, 0.717) is 13.0 Å². The lowest BCUT2D eigenvalue weighted by Gasteiger charge is -2.34. The summed E-state index contributed by atoms with van der Waals surface area (Å²) in [6.45, 7) is 3.00. The number of nitrogens with zero attached hydrogens (tertiary/aromatic N) is 2. The minimum absolute atomic E-state index is 0.0516. The maximum atomic E-state index is 11.7. The van der Waals surface area contributed by atoms with Crippen molar-refractivity contribution in [3.8, 4) is 6.07 Å². The molecule has 0 spiro atoms. The van der Waals surface area contributed by atoms with Crippen molar-refractivity contribution < 1.29 is 9.53 Å². The second kappa shape index (κ2) is 7.16. The normalized spacial score (nSPS) is 18.5. The molecule has 2 aromatic rings. The Morgan fingerprint density at radius 1 is 1.44 bits per heavy atom. The molecule has 0 aliphatic carbocycles. The van der Waals surface area contributed by atoms with Crippen LogP contribution >= 0.6 is 0 Å². The Bertz CT molecular complexity index is 1020. The summed E-state index contributed by atoms with van der Waals surface area (Å²) in [5.41, 5.74) is 5.67. The first-order valence-corrected chi connectivity index (χ1v) is 9.23. The number of carbonyl (C=O) groups is 1. The molecule has 1 aromatic heterocycles. The molecule has 0 radical (unpaired) electrons. The number of fused-ring (bicyclic) bond motifs is 5. The van der Waals surface area contributed by atoms with E-state index in [9.17, 15) is 10.1 Å². The van der Waals surface area contributed by atoms with Gasteiger partial charge in [-0.25, -0.2) is 4.79 Å². The zero-order valence-corrected chi connectivity index (χ0v) is 15.2. The number of aromatic nitrogens is 1. The molecule has 5 nitrogen and oxygen atoms in total. The highest BCUT2D eigenvalue weighted by atomic mass is 16.5. The van der Waals surface area contributed by atoms with Crippen molar-refractivity contribution in [2.24, 2.45) is 5.92 Å². The summed E-state index contributed by atoms with van der Waals surface area (Å²) in [6.07, 6.45) is 8.73. The molecule has 3 heterocycles. The van der Waals surface area contributed by atoms with Gasteiger partial charge in [0.15, 0.2) is 0 Å². The quantitative estimate of drug-likeness (QED) is 0.664. The standard InChI is InChI=1S/C22H21N3O2/c1-2-27-21(26)8-7-16-14-25-12-10-18-17-5-3-4-6-19(17)24-22(18)20(25)13-15(16)9-11-23/h3-8,13-15,24H,2,9-10,12H2,1H3/b8-7+. The average molecular weight is 359 g/mol. The van der Waals surface area contributed by atoms with Crippen LogP contribution in [0.1, 0.15) is 24.6 Å². The van der Waals surface area contributed by atoms with Crippen molar-refractivity contribution >= 4 is 22.6 Å². The van der Waals surface area contributed by atoms with E-state index < -0.39 is 0 Å². The van der Waals surface area contributed by atoms with Gasteiger partial charge in [0.1, 0.15) is 0 Å². The van der Waals surface area contributed by atoms with Crippen LogP contribution in [0, 0.1) is 17.2 Å². The first-order chi connectivity index (χ1) is 13.2. The predicted molar refractivity (Wildman–Crippen MR) is 104 cm³/mol. The Morgan fingerprint density at radius 3 is 3.11 bits per heavy atom. The summed E-state index contributed by atoms with van der Waals surface area (Å²) in [7, 11) is 0. The van der Waals surface area contributed by atoms with Crippen molar-refractivity contribution in [1.29, 1.82) is 5.26 Å². The first kappa shape index (κ1) is 17.2. The van der Waals surface area contributed by atoms with Crippen LogP contribution in [0.4, 0.5) is 0 Å². The number of benzene rings is 1. The van der Waals surface area contributed by atoms with E-state index in [1.807, 2.05) is 6.07 Å². The Morgan fingerprint density at radius 2 is 2.30 bits per heavy atom. The van der Waals surface area contributed by atoms with Gasteiger partial charge in [0.05, 0.1) is 24.1 Å². The van der Waals surface area contributed by atoms with Gasteiger partial charge in [0.25, 0.3) is 0 Å². The Hall–Kier alpha value is -3.26. The highest BCUT2D eigenvalue weighted by Crippen LogP contribution is 2.39.